The minimum Gasteiger partial charge on any atom is -0.208 e. The van der Waals surface area contributed by atoms with E-state index in [1.165, 1.54) is 25.6 Å². The summed E-state index contributed by atoms with van der Waals surface area (Å²) in [7, 11) is 0. The Bertz CT molecular complexity index is 1570. The van der Waals surface area contributed by atoms with Gasteiger partial charge in [-0.05, 0) is 40.6 Å². The minimum absolute atomic E-state index is 0.194. The molecule has 4 aromatic carbocycles. The zero-order valence-corrected chi connectivity index (χ0v) is 17.3. The topological polar surface area (TPSA) is 38.7 Å². The quantitative estimate of drug-likeness (QED) is 0.291. The second-order valence-corrected chi connectivity index (χ2v) is 8.54. The van der Waals surface area contributed by atoms with Gasteiger partial charge in [-0.3, -0.25) is 0 Å². The number of aromatic nitrogens is 3. The third-order valence-corrected chi connectivity index (χ3v) is 6.56. The van der Waals surface area contributed by atoms with E-state index in [4.69, 9.17) is 16.6 Å². The van der Waals surface area contributed by atoms with Crippen molar-refractivity contribution in [1.82, 2.24) is 15.0 Å². The molecule has 0 saturated heterocycles. The van der Waals surface area contributed by atoms with Gasteiger partial charge in [0.05, 0.1) is 0 Å². The Hall–Kier alpha value is -3.34. The fraction of sp³-hybridized carbons (Fsp3) is 0. The maximum absolute atomic E-state index is 6.29. The smallest absolute Gasteiger partial charge is 0.208 e. The highest BCUT2D eigenvalue weighted by Crippen LogP contribution is 2.36. The van der Waals surface area contributed by atoms with Crippen LogP contribution in [0.5, 0.6) is 0 Å². The fourth-order valence-corrected chi connectivity index (χ4v) is 5.11. The largest absolute Gasteiger partial charge is 0.226 e. The molecule has 0 fully saturated rings. The zero-order valence-electron chi connectivity index (χ0n) is 15.7. The summed E-state index contributed by atoms with van der Waals surface area (Å²) in [6, 6.07) is 29.2. The molecule has 0 aliphatic heterocycles. The van der Waals surface area contributed by atoms with Gasteiger partial charge in [-0.1, -0.05) is 66.7 Å². The average molecular weight is 424 g/mol. The molecule has 0 radical (unpaired) electrons. The summed E-state index contributed by atoms with van der Waals surface area (Å²) in [6.45, 7) is 0. The lowest BCUT2D eigenvalue weighted by atomic mass is 10.1. The first-order chi connectivity index (χ1) is 14.7. The standard InChI is InChI=1S/C25H14ClN3S/c26-25-28-23(17-10-9-15-5-1-2-6-16(15)13-17)27-24(29-25)18-11-12-20-19-7-3-4-8-21(19)30-22(20)14-18/h1-14H. The van der Waals surface area contributed by atoms with Crippen LogP contribution in [0.3, 0.4) is 0 Å². The van der Waals surface area contributed by atoms with Crippen LogP contribution in [0.4, 0.5) is 0 Å². The number of hydrogen-bond acceptors (Lipinski definition) is 4. The predicted molar refractivity (Wildman–Crippen MR) is 126 cm³/mol. The Morgan fingerprint density at radius 1 is 0.567 bits per heavy atom. The predicted octanol–water partition coefficient (Wildman–Crippen LogP) is 7.38. The molecule has 0 atom stereocenters. The van der Waals surface area contributed by atoms with Gasteiger partial charge in [0.2, 0.25) is 5.28 Å². The van der Waals surface area contributed by atoms with E-state index in [9.17, 15) is 0 Å². The molecule has 6 aromatic rings. The van der Waals surface area contributed by atoms with E-state index >= 15 is 0 Å². The summed E-state index contributed by atoms with van der Waals surface area (Å²) in [6.07, 6.45) is 0. The maximum Gasteiger partial charge on any atom is 0.226 e. The Kier molecular flexibility index (Phi) is 4.01. The third kappa shape index (κ3) is 2.93. The molecule has 5 heteroatoms. The summed E-state index contributed by atoms with van der Waals surface area (Å²) in [5, 5.41) is 5.03. The Morgan fingerprint density at radius 2 is 1.23 bits per heavy atom. The normalized spacial score (nSPS) is 11.5. The van der Waals surface area contributed by atoms with Crippen LogP contribution < -0.4 is 0 Å². The van der Waals surface area contributed by atoms with Crippen molar-refractivity contribution >= 4 is 53.9 Å². The molecule has 0 bridgehead atoms. The van der Waals surface area contributed by atoms with Crippen LogP contribution in [0.1, 0.15) is 0 Å². The van der Waals surface area contributed by atoms with Crippen LogP contribution in [-0.2, 0) is 0 Å². The van der Waals surface area contributed by atoms with Crippen LogP contribution in [0.15, 0.2) is 84.9 Å². The lowest BCUT2D eigenvalue weighted by Gasteiger charge is -2.06. The maximum atomic E-state index is 6.29. The number of fused-ring (bicyclic) bond motifs is 4. The van der Waals surface area contributed by atoms with Gasteiger partial charge in [-0.25, -0.2) is 4.98 Å². The van der Waals surface area contributed by atoms with Gasteiger partial charge in [0, 0.05) is 31.3 Å². The minimum atomic E-state index is 0.194. The molecule has 3 nitrogen and oxygen atoms in total. The van der Waals surface area contributed by atoms with E-state index < -0.39 is 0 Å². The number of thiophene rings is 1. The Balaban J connectivity index is 1.49. The Labute approximate surface area is 181 Å². The summed E-state index contributed by atoms with van der Waals surface area (Å²) in [5.41, 5.74) is 1.85. The molecule has 30 heavy (non-hydrogen) atoms. The first-order valence-corrected chi connectivity index (χ1v) is 10.8. The van der Waals surface area contributed by atoms with E-state index in [1.54, 1.807) is 11.3 Å². The third-order valence-electron chi connectivity index (χ3n) is 5.25. The van der Waals surface area contributed by atoms with E-state index in [0.717, 1.165) is 16.5 Å². The highest BCUT2D eigenvalue weighted by Gasteiger charge is 2.12. The van der Waals surface area contributed by atoms with Crippen molar-refractivity contribution in [3.05, 3.63) is 90.2 Å². The summed E-state index contributed by atoms with van der Waals surface area (Å²) in [5.74, 6) is 1.16. The average Bonchev–Trinajstić information content (AvgIpc) is 3.16. The van der Waals surface area contributed by atoms with Gasteiger partial charge in [0.15, 0.2) is 11.6 Å². The first kappa shape index (κ1) is 17.5. The van der Waals surface area contributed by atoms with Gasteiger partial charge in [-0.15, -0.1) is 11.3 Å². The van der Waals surface area contributed by atoms with Gasteiger partial charge < -0.3 is 0 Å². The van der Waals surface area contributed by atoms with Crippen molar-refractivity contribution in [2.45, 2.75) is 0 Å². The molecule has 0 amide bonds. The van der Waals surface area contributed by atoms with Crippen molar-refractivity contribution in [1.29, 1.82) is 0 Å². The van der Waals surface area contributed by atoms with Crippen molar-refractivity contribution in [2.75, 3.05) is 0 Å². The monoisotopic (exact) mass is 423 g/mol. The summed E-state index contributed by atoms with van der Waals surface area (Å²) in [4.78, 5) is 13.5. The van der Waals surface area contributed by atoms with Crippen LogP contribution >= 0.6 is 22.9 Å². The SMILES string of the molecule is Clc1nc(-c2ccc3ccccc3c2)nc(-c2ccc3c(c2)sc2ccccc23)n1. The second kappa shape index (κ2) is 6.87. The summed E-state index contributed by atoms with van der Waals surface area (Å²) < 4.78 is 2.48. The van der Waals surface area contributed by atoms with Gasteiger partial charge in [0.25, 0.3) is 0 Å². The molecular formula is C25H14ClN3S. The van der Waals surface area contributed by atoms with Gasteiger partial charge >= 0.3 is 0 Å². The fourth-order valence-electron chi connectivity index (χ4n) is 3.80. The number of rotatable bonds is 2. The zero-order chi connectivity index (χ0) is 20.1. The van der Waals surface area contributed by atoms with Crippen molar-refractivity contribution in [3.8, 4) is 22.8 Å². The second-order valence-electron chi connectivity index (χ2n) is 7.12. The van der Waals surface area contributed by atoms with Crippen LogP contribution in [-0.4, -0.2) is 15.0 Å². The van der Waals surface area contributed by atoms with E-state index in [0.29, 0.717) is 11.6 Å². The molecule has 0 aliphatic carbocycles. The number of hydrogen-bond donors (Lipinski definition) is 0. The van der Waals surface area contributed by atoms with Crippen molar-refractivity contribution in [2.24, 2.45) is 0 Å². The lowest BCUT2D eigenvalue weighted by Crippen LogP contribution is -1.97. The van der Waals surface area contributed by atoms with E-state index in [1.807, 2.05) is 18.2 Å². The van der Waals surface area contributed by atoms with Crippen LogP contribution in [0, 0.1) is 0 Å². The lowest BCUT2D eigenvalue weighted by molar-refractivity contribution is 1.07. The molecule has 2 heterocycles. The molecule has 2 aromatic heterocycles. The number of nitrogens with zero attached hydrogens (tertiary/aromatic N) is 3. The van der Waals surface area contributed by atoms with E-state index in [-0.39, 0.29) is 5.28 Å². The number of benzene rings is 4. The molecule has 0 spiro atoms. The molecule has 0 N–H and O–H groups in total. The number of halogens is 1. The first-order valence-electron chi connectivity index (χ1n) is 9.57. The van der Waals surface area contributed by atoms with Crippen molar-refractivity contribution in [3.63, 3.8) is 0 Å². The van der Waals surface area contributed by atoms with Crippen LogP contribution in [0.2, 0.25) is 5.28 Å². The molecule has 0 aliphatic rings. The molecule has 0 saturated carbocycles. The molecule has 0 unspecified atom stereocenters. The molecule has 142 valence electrons. The summed E-state index contributed by atoms with van der Waals surface area (Å²) >= 11 is 8.06. The van der Waals surface area contributed by atoms with Crippen molar-refractivity contribution < 1.29 is 0 Å². The van der Waals surface area contributed by atoms with Gasteiger partial charge in [-0.2, -0.15) is 9.97 Å². The Morgan fingerprint density at radius 3 is 2.10 bits per heavy atom. The van der Waals surface area contributed by atoms with Crippen LogP contribution in [0.25, 0.3) is 53.7 Å². The molecular weight excluding hydrogens is 410 g/mol. The van der Waals surface area contributed by atoms with E-state index in [2.05, 4.69) is 76.7 Å². The highest BCUT2D eigenvalue weighted by atomic mass is 35.5. The van der Waals surface area contributed by atoms with Gasteiger partial charge in [0.1, 0.15) is 0 Å². The molecule has 6 rings (SSSR count). The highest BCUT2D eigenvalue weighted by molar-refractivity contribution is 7.25.